The average molecular weight is 234 g/mol. The summed E-state index contributed by atoms with van der Waals surface area (Å²) in [6.45, 7) is 8.08. The van der Waals surface area contributed by atoms with Crippen LogP contribution in [0.2, 0.25) is 0 Å². The fraction of sp³-hybridized carbons (Fsp3) is 0.571. The van der Waals surface area contributed by atoms with Crippen molar-refractivity contribution in [2.24, 2.45) is 0 Å². The monoisotopic (exact) mass is 234 g/mol. The quantitative estimate of drug-likeness (QED) is 0.862. The number of ether oxygens (including phenoxy) is 1. The number of aryl methyl sites for hydroxylation is 2. The first-order chi connectivity index (χ1) is 8.22. The SMILES string of the molecule is CNCC1CN(c2c(C)cccc2C)CCO1. The van der Waals surface area contributed by atoms with Gasteiger partial charge in [0.15, 0.2) is 0 Å². The smallest absolute Gasteiger partial charge is 0.0874 e. The number of likely N-dealkylation sites (N-methyl/N-ethyl adjacent to an activating group) is 1. The minimum absolute atomic E-state index is 0.299. The third-order valence-corrected chi connectivity index (χ3v) is 3.33. The van der Waals surface area contributed by atoms with Gasteiger partial charge in [0, 0.05) is 25.3 Å². The van der Waals surface area contributed by atoms with Crippen LogP contribution in [0.1, 0.15) is 11.1 Å². The number of morpholine rings is 1. The fourth-order valence-electron chi connectivity index (χ4n) is 2.58. The molecule has 1 atom stereocenters. The molecule has 0 bridgehead atoms. The van der Waals surface area contributed by atoms with Crippen LogP contribution < -0.4 is 10.2 Å². The highest BCUT2D eigenvalue weighted by Crippen LogP contribution is 2.26. The van der Waals surface area contributed by atoms with Crippen LogP contribution >= 0.6 is 0 Å². The van der Waals surface area contributed by atoms with Gasteiger partial charge in [-0.3, -0.25) is 0 Å². The zero-order chi connectivity index (χ0) is 12.3. The highest BCUT2D eigenvalue weighted by Gasteiger charge is 2.21. The van der Waals surface area contributed by atoms with Crippen molar-refractivity contribution in [3.05, 3.63) is 29.3 Å². The maximum Gasteiger partial charge on any atom is 0.0874 e. The Morgan fingerprint density at radius 3 is 2.71 bits per heavy atom. The summed E-state index contributed by atoms with van der Waals surface area (Å²) in [6, 6.07) is 6.50. The molecule has 17 heavy (non-hydrogen) atoms. The summed E-state index contributed by atoms with van der Waals surface area (Å²) < 4.78 is 5.75. The summed E-state index contributed by atoms with van der Waals surface area (Å²) in [5, 5.41) is 3.19. The van der Waals surface area contributed by atoms with Gasteiger partial charge in [0.05, 0.1) is 12.7 Å². The molecule has 0 aliphatic carbocycles. The molecule has 94 valence electrons. The molecule has 0 radical (unpaired) electrons. The van der Waals surface area contributed by atoms with Gasteiger partial charge in [-0.05, 0) is 32.0 Å². The molecule has 1 heterocycles. The van der Waals surface area contributed by atoms with Gasteiger partial charge in [-0.2, -0.15) is 0 Å². The number of benzene rings is 1. The van der Waals surface area contributed by atoms with E-state index in [2.05, 4.69) is 42.3 Å². The molecular formula is C14H22N2O. The molecule has 1 saturated heterocycles. The lowest BCUT2D eigenvalue weighted by Crippen LogP contribution is -2.46. The van der Waals surface area contributed by atoms with E-state index < -0.39 is 0 Å². The third-order valence-electron chi connectivity index (χ3n) is 3.33. The summed E-state index contributed by atoms with van der Waals surface area (Å²) in [5.41, 5.74) is 4.10. The largest absolute Gasteiger partial charge is 0.373 e. The summed E-state index contributed by atoms with van der Waals surface area (Å²) in [5.74, 6) is 0. The number of nitrogens with one attached hydrogen (secondary N) is 1. The number of rotatable bonds is 3. The molecule has 1 N–H and O–H groups in total. The van der Waals surface area contributed by atoms with Crippen molar-refractivity contribution in [2.75, 3.05) is 38.2 Å². The van der Waals surface area contributed by atoms with Crippen LogP contribution in [0.3, 0.4) is 0 Å². The van der Waals surface area contributed by atoms with Gasteiger partial charge in [0.2, 0.25) is 0 Å². The van der Waals surface area contributed by atoms with Crippen molar-refractivity contribution in [1.29, 1.82) is 0 Å². The molecule has 3 nitrogen and oxygen atoms in total. The average Bonchev–Trinajstić information content (AvgIpc) is 2.30. The predicted molar refractivity (Wildman–Crippen MR) is 71.8 cm³/mol. The van der Waals surface area contributed by atoms with Crippen LogP contribution in [0.25, 0.3) is 0 Å². The first-order valence-electron chi connectivity index (χ1n) is 6.29. The molecule has 1 fully saturated rings. The lowest BCUT2D eigenvalue weighted by molar-refractivity contribution is 0.0421. The maximum atomic E-state index is 5.75. The van der Waals surface area contributed by atoms with E-state index >= 15 is 0 Å². The van der Waals surface area contributed by atoms with Gasteiger partial charge in [0.25, 0.3) is 0 Å². The number of nitrogens with zero attached hydrogens (tertiary/aromatic N) is 1. The lowest BCUT2D eigenvalue weighted by Gasteiger charge is -2.36. The summed E-state index contributed by atoms with van der Waals surface area (Å²) in [7, 11) is 1.97. The van der Waals surface area contributed by atoms with Crippen LogP contribution in [0, 0.1) is 13.8 Å². The van der Waals surface area contributed by atoms with Crippen molar-refractivity contribution < 1.29 is 4.74 Å². The van der Waals surface area contributed by atoms with Crippen LogP contribution in [0.5, 0.6) is 0 Å². The van der Waals surface area contributed by atoms with Crippen molar-refractivity contribution in [3.63, 3.8) is 0 Å². The molecule has 2 rings (SSSR count). The number of para-hydroxylation sites is 1. The second-order valence-corrected chi connectivity index (χ2v) is 4.74. The Hall–Kier alpha value is -1.06. The van der Waals surface area contributed by atoms with Gasteiger partial charge in [0.1, 0.15) is 0 Å². The Bertz CT molecular complexity index is 356. The summed E-state index contributed by atoms with van der Waals surface area (Å²) in [4.78, 5) is 2.45. The lowest BCUT2D eigenvalue weighted by atomic mass is 10.1. The first kappa shape index (κ1) is 12.4. The Morgan fingerprint density at radius 1 is 1.35 bits per heavy atom. The van der Waals surface area contributed by atoms with Crippen molar-refractivity contribution in [1.82, 2.24) is 5.32 Å². The third kappa shape index (κ3) is 2.79. The standard InChI is InChI=1S/C14H22N2O/c1-11-5-4-6-12(2)14(11)16-7-8-17-13(10-16)9-15-3/h4-6,13,15H,7-10H2,1-3H3. The summed E-state index contributed by atoms with van der Waals surface area (Å²) in [6.07, 6.45) is 0.299. The molecule has 1 aliphatic heterocycles. The van der Waals surface area contributed by atoms with E-state index in [1.54, 1.807) is 0 Å². The molecule has 1 unspecified atom stereocenters. The van der Waals surface area contributed by atoms with Gasteiger partial charge >= 0.3 is 0 Å². The Labute approximate surface area is 104 Å². The van der Waals surface area contributed by atoms with Crippen molar-refractivity contribution in [3.8, 4) is 0 Å². The Balaban J connectivity index is 2.16. The van der Waals surface area contributed by atoms with Gasteiger partial charge < -0.3 is 15.0 Å². The van der Waals surface area contributed by atoms with Crippen molar-refractivity contribution in [2.45, 2.75) is 20.0 Å². The highest BCUT2D eigenvalue weighted by atomic mass is 16.5. The van der Waals surface area contributed by atoms with Crippen LogP contribution in [-0.4, -0.2) is 39.4 Å². The van der Waals surface area contributed by atoms with Crippen molar-refractivity contribution >= 4 is 5.69 Å². The minimum Gasteiger partial charge on any atom is -0.373 e. The molecule has 1 aliphatic rings. The number of hydrogen-bond donors (Lipinski definition) is 1. The molecular weight excluding hydrogens is 212 g/mol. The van der Waals surface area contributed by atoms with E-state index in [4.69, 9.17) is 4.74 Å². The first-order valence-corrected chi connectivity index (χ1v) is 6.29. The van der Waals surface area contributed by atoms with Gasteiger partial charge in [-0.1, -0.05) is 18.2 Å². The predicted octanol–water partition coefficient (Wildman–Crippen LogP) is 1.73. The Morgan fingerprint density at radius 2 is 2.06 bits per heavy atom. The summed E-state index contributed by atoms with van der Waals surface area (Å²) >= 11 is 0. The highest BCUT2D eigenvalue weighted by molar-refractivity contribution is 5.59. The van der Waals surface area contributed by atoms with Crippen LogP contribution in [0.15, 0.2) is 18.2 Å². The second-order valence-electron chi connectivity index (χ2n) is 4.74. The molecule has 1 aromatic carbocycles. The van der Waals surface area contributed by atoms with E-state index in [-0.39, 0.29) is 0 Å². The fourth-order valence-corrected chi connectivity index (χ4v) is 2.58. The molecule has 0 spiro atoms. The van der Waals surface area contributed by atoms with E-state index in [0.29, 0.717) is 6.10 Å². The minimum atomic E-state index is 0.299. The van der Waals surface area contributed by atoms with E-state index in [1.165, 1.54) is 16.8 Å². The second kappa shape index (κ2) is 5.52. The Kier molecular flexibility index (Phi) is 4.02. The van der Waals surface area contributed by atoms with Crippen LogP contribution in [0.4, 0.5) is 5.69 Å². The molecule has 0 amide bonds. The van der Waals surface area contributed by atoms with Gasteiger partial charge in [-0.25, -0.2) is 0 Å². The molecule has 0 aromatic heterocycles. The molecule has 1 aromatic rings. The molecule has 3 heteroatoms. The normalized spacial score (nSPS) is 20.6. The van der Waals surface area contributed by atoms with E-state index in [1.807, 2.05) is 7.05 Å². The maximum absolute atomic E-state index is 5.75. The molecule has 0 saturated carbocycles. The zero-order valence-corrected chi connectivity index (χ0v) is 11.0. The number of anilines is 1. The zero-order valence-electron chi connectivity index (χ0n) is 11.0. The van der Waals surface area contributed by atoms with Gasteiger partial charge in [-0.15, -0.1) is 0 Å². The van der Waals surface area contributed by atoms with E-state index in [0.717, 1.165) is 26.2 Å². The van der Waals surface area contributed by atoms with Crippen LogP contribution in [-0.2, 0) is 4.74 Å². The van der Waals surface area contributed by atoms with E-state index in [9.17, 15) is 0 Å². The topological polar surface area (TPSA) is 24.5 Å². The number of hydrogen-bond acceptors (Lipinski definition) is 3.